The summed E-state index contributed by atoms with van der Waals surface area (Å²) >= 11 is 0. The molecule has 0 aliphatic carbocycles. The van der Waals surface area contributed by atoms with Crippen molar-refractivity contribution < 1.29 is 19.0 Å². The number of hydrogen-bond donors (Lipinski definition) is 1. The Morgan fingerprint density at radius 2 is 1.70 bits per heavy atom. The van der Waals surface area contributed by atoms with Crippen LogP contribution in [0.1, 0.15) is 25.8 Å². The van der Waals surface area contributed by atoms with Gasteiger partial charge in [-0.2, -0.15) is 0 Å². The second-order valence-electron chi connectivity index (χ2n) is 4.59. The van der Waals surface area contributed by atoms with Gasteiger partial charge in [-0.25, -0.2) is 0 Å². The van der Waals surface area contributed by atoms with Gasteiger partial charge in [-0.1, -0.05) is 6.92 Å². The number of methoxy groups -OCH3 is 3. The normalized spacial score (nSPS) is 11.7. The van der Waals surface area contributed by atoms with Gasteiger partial charge in [-0.05, 0) is 31.0 Å². The minimum absolute atomic E-state index is 0.0198. The second-order valence-corrected chi connectivity index (χ2v) is 4.59. The largest absolute Gasteiger partial charge is 0.493 e. The number of amides is 1. The van der Waals surface area contributed by atoms with Crippen LogP contribution in [0.5, 0.6) is 17.2 Å². The molecular weight excluding hydrogens is 258 g/mol. The van der Waals surface area contributed by atoms with Gasteiger partial charge in [0.25, 0.3) is 0 Å². The standard InChI is InChI=1S/C15H23NO4/c1-6-10(2)16-14(17)9-11-7-12(18-3)15(20-5)13(8-11)19-4/h7-8,10H,6,9H2,1-5H3,(H,16,17)/t10-/m1/s1. The van der Waals surface area contributed by atoms with Gasteiger partial charge in [0.2, 0.25) is 11.7 Å². The van der Waals surface area contributed by atoms with Crippen molar-refractivity contribution in [3.05, 3.63) is 17.7 Å². The molecule has 0 aliphatic rings. The van der Waals surface area contributed by atoms with Crippen LogP contribution in [0.3, 0.4) is 0 Å². The van der Waals surface area contributed by atoms with Crippen molar-refractivity contribution in [1.82, 2.24) is 5.32 Å². The topological polar surface area (TPSA) is 56.8 Å². The highest BCUT2D eigenvalue weighted by Gasteiger charge is 2.15. The summed E-state index contributed by atoms with van der Waals surface area (Å²) < 4.78 is 15.8. The molecule has 0 radical (unpaired) electrons. The van der Waals surface area contributed by atoms with E-state index < -0.39 is 0 Å². The molecule has 1 N–H and O–H groups in total. The Labute approximate surface area is 120 Å². The van der Waals surface area contributed by atoms with E-state index in [0.717, 1.165) is 12.0 Å². The number of carbonyl (C=O) groups excluding carboxylic acids is 1. The molecule has 0 saturated heterocycles. The van der Waals surface area contributed by atoms with Crippen molar-refractivity contribution in [3.63, 3.8) is 0 Å². The van der Waals surface area contributed by atoms with Crippen LogP contribution in [0.15, 0.2) is 12.1 Å². The van der Waals surface area contributed by atoms with Crippen molar-refractivity contribution >= 4 is 5.91 Å². The second kappa shape index (κ2) is 7.62. The highest BCUT2D eigenvalue weighted by molar-refractivity contribution is 5.79. The lowest BCUT2D eigenvalue weighted by molar-refractivity contribution is -0.121. The number of ether oxygens (including phenoxy) is 3. The van der Waals surface area contributed by atoms with Crippen LogP contribution in [0, 0.1) is 0 Å². The van der Waals surface area contributed by atoms with Gasteiger partial charge in [0, 0.05) is 6.04 Å². The highest BCUT2D eigenvalue weighted by Crippen LogP contribution is 2.38. The SMILES string of the molecule is CC[C@@H](C)NC(=O)Cc1cc(OC)c(OC)c(OC)c1. The van der Waals surface area contributed by atoms with E-state index in [4.69, 9.17) is 14.2 Å². The maximum Gasteiger partial charge on any atom is 0.224 e. The Balaban J connectivity index is 2.93. The fourth-order valence-electron chi connectivity index (χ4n) is 1.85. The van der Waals surface area contributed by atoms with Crippen molar-refractivity contribution in [3.8, 4) is 17.2 Å². The average Bonchev–Trinajstić information content (AvgIpc) is 2.45. The van der Waals surface area contributed by atoms with Gasteiger partial charge < -0.3 is 19.5 Å². The molecule has 0 bridgehead atoms. The summed E-state index contributed by atoms with van der Waals surface area (Å²) in [6, 6.07) is 3.75. The molecule has 1 rings (SSSR count). The molecule has 1 amide bonds. The van der Waals surface area contributed by atoms with Gasteiger partial charge in [-0.3, -0.25) is 4.79 Å². The Hall–Kier alpha value is -1.91. The molecule has 0 heterocycles. The van der Waals surface area contributed by atoms with Crippen LogP contribution >= 0.6 is 0 Å². The Morgan fingerprint density at radius 1 is 1.15 bits per heavy atom. The number of hydrogen-bond acceptors (Lipinski definition) is 4. The Morgan fingerprint density at radius 3 is 2.10 bits per heavy atom. The van der Waals surface area contributed by atoms with Gasteiger partial charge >= 0.3 is 0 Å². The molecule has 20 heavy (non-hydrogen) atoms. The van der Waals surface area contributed by atoms with E-state index in [2.05, 4.69) is 5.32 Å². The number of nitrogens with one attached hydrogen (secondary N) is 1. The fraction of sp³-hybridized carbons (Fsp3) is 0.533. The fourth-order valence-corrected chi connectivity index (χ4v) is 1.85. The summed E-state index contributed by atoms with van der Waals surface area (Å²) in [6.07, 6.45) is 1.18. The third-order valence-electron chi connectivity index (χ3n) is 3.11. The zero-order chi connectivity index (χ0) is 15.1. The first-order valence-electron chi connectivity index (χ1n) is 6.63. The van der Waals surface area contributed by atoms with Crippen LogP contribution in [-0.2, 0) is 11.2 Å². The molecule has 0 spiro atoms. The molecule has 0 aliphatic heterocycles. The quantitative estimate of drug-likeness (QED) is 0.832. The molecule has 0 fully saturated rings. The van der Waals surface area contributed by atoms with Crippen molar-refractivity contribution in [2.75, 3.05) is 21.3 Å². The minimum Gasteiger partial charge on any atom is -0.493 e. The van der Waals surface area contributed by atoms with E-state index in [9.17, 15) is 4.79 Å². The van der Waals surface area contributed by atoms with Crippen molar-refractivity contribution in [2.24, 2.45) is 0 Å². The van der Waals surface area contributed by atoms with E-state index in [1.54, 1.807) is 33.5 Å². The Kier molecular flexibility index (Phi) is 6.15. The lowest BCUT2D eigenvalue weighted by Gasteiger charge is -2.15. The van der Waals surface area contributed by atoms with E-state index in [-0.39, 0.29) is 18.4 Å². The summed E-state index contributed by atoms with van der Waals surface area (Å²) in [5, 5.41) is 2.93. The first kappa shape index (κ1) is 16.1. The molecule has 112 valence electrons. The zero-order valence-corrected chi connectivity index (χ0v) is 12.8. The van der Waals surface area contributed by atoms with Crippen LogP contribution in [0.25, 0.3) is 0 Å². The van der Waals surface area contributed by atoms with E-state index >= 15 is 0 Å². The predicted octanol–water partition coefficient (Wildman–Crippen LogP) is 2.17. The smallest absolute Gasteiger partial charge is 0.224 e. The highest BCUT2D eigenvalue weighted by atomic mass is 16.5. The maximum absolute atomic E-state index is 11.9. The summed E-state index contributed by atoms with van der Waals surface area (Å²) in [6.45, 7) is 4.01. The third-order valence-corrected chi connectivity index (χ3v) is 3.11. The number of rotatable bonds is 7. The molecule has 1 aromatic carbocycles. The van der Waals surface area contributed by atoms with Gasteiger partial charge in [0.1, 0.15) is 0 Å². The molecule has 1 atom stereocenters. The number of carbonyl (C=O) groups is 1. The molecule has 5 heteroatoms. The van der Waals surface area contributed by atoms with E-state index in [1.165, 1.54) is 0 Å². The minimum atomic E-state index is -0.0198. The van der Waals surface area contributed by atoms with E-state index in [1.807, 2.05) is 13.8 Å². The molecule has 0 unspecified atom stereocenters. The zero-order valence-electron chi connectivity index (χ0n) is 12.8. The summed E-state index contributed by atoms with van der Waals surface area (Å²) in [5.74, 6) is 1.62. The molecule has 1 aromatic rings. The average molecular weight is 281 g/mol. The number of benzene rings is 1. The lowest BCUT2D eigenvalue weighted by atomic mass is 10.1. The van der Waals surface area contributed by atoms with Crippen LogP contribution < -0.4 is 19.5 Å². The summed E-state index contributed by atoms with van der Waals surface area (Å²) in [4.78, 5) is 11.9. The predicted molar refractivity (Wildman–Crippen MR) is 77.7 cm³/mol. The van der Waals surface area contributed by atoms with Crippen molar-refractivity contribution in [2.45, 2.75) is 32.7 Å². The third kappa shape index (κ3) is 4.05. The lowest BCUT2D eigenvalue weighted by Crippen LogP contribution is -2.33. The molecule has 0 saturated carbocycles. The van der Waals surface area contributed by atoms with Gasteiger partial charge in [0.05, 0.1) is 27.8 Å². The first-order chi connectivity index (χ1) is 9.55. The Bertz CT molecular complexity index is 434. The van der Waals surface area contributed by atoms with Crippen LogP contribution in [0.4, 0.5) is 0 Å². The molecule has 5 nitrogen and oxygen atoms in total. The summed E-state index contributed by atoms with van der Waals surface area (Å²) in [5.41, 5.74) is 0.820. The first-order valence-corrected chi connectivity index (χ1v) is 6.63. The van der Waals surface area contributed by atoms with Gasteiger partial charge in [0.15, 0.2) is 11.5 Å². The van der Waals surface area contributed by atoms with Crippen LogP contribution in [0.2, 0.25) is 0 Å². The van der Waals surface area contributed by atoms with Crippen LogP contribution in [-0.4, -0.2) is 33.3 Å². The summed E-state index contributed by atoms with van der Waals surface area (Å²) in [7, 11) is 4.66. The molecule has 0 aromatic heterocycles. The van der Waals surface area contributed by atoms with Gasteiger partial charge in [-0.15, -0.1) is 0 Å². The monoisotopic (exact) mass is 281 g/mol. The van der Waals surface area contributed by atoms with Crippen molar-refractivity contribution in [1.29, 1.82) is 0 Å². The molecular formula is C15H23NO4. The van der Waals surface area contributed by atoms with E-state index in [0.29, 0.717) is 17.2 Å². The maximum atomic E-state index is 11.9.